The molecule has 0 fully saturated rings. The van der Waals surface area contributed by atoms with E-state index in [0.29, 0.717) is 6.61 Å². The van der Waals surface area contributed by atoms with Crippen LogP contribution in [-0.4, -0.2) is 16.2 Å². The van der Waals surface area contributed by atoms with Crippen molar-refractivity contribution >= 4 is 11.0 Å². The molecule has 28 heavy (non-hydrogen) atoms. The molecule has 4 nitrogen and oxygen atoms in total. The van der Waals surface area contributed by atoms with Crippen LogP contribution < -0.4 is 9.47 Å². The Morgan fingerprint density at radius 2 is 1.46 bits per heavy atom. The summed E-state index contributed by atoms with van der Waals surface area (Å²) in [6.07, 6.45) is 0. The van der Waals surface area contributed by atoms with Gasteiger partial charge in [-0.2, -0.15) is 0 Å². The number of nitrogens with zero attached hydrogens (tertiary/aromatic N) is 2. The van der Waals surface area contributed by atoms with Gasteiger partial charge >= 0.3 is 0 Å². The van der Waals surface area contributed by atoms with E-state index in [1.54, 1.807) is 0 Å². The van der Waals surface area contributed by atoms with Gasteiger partial charge in [0.25, 0.3) is 0 Å². The first-order valence-corrected chi connectivity index (χ1v) is 9.56. The van der Waals surface area contributed by atoms with Crippen molar-refractivity contribution in [2.45, 2.75) is 27.3 Å². The van der Waals surface area contributed by atoms with Crippen LogP contribution in [0.5, 0.6) is 17.2 Å². The van der Waals surface area contributed by atoms with E-state index in [9.17, 15) is 0 Å². The van der Waals surface area contributed by atoms with E-state index in [1.165, 1.54) is 16.6 Å². The fourth-order valence-corrected chi connectivity index (χ4v) is 3.43. The molecule has 0 saturated heterocycles. The minimum atomic E-state index is 0.660. The van der Waals surface area contributed by atoms with Gasteiger partial charge in [-0.05, 0) is 74.4 Å². The molecule has 0 N–H and O–H groups in total. The number of fused-ring (bicyclic) bond motifs is 1. The zero-order chi connectivity index (χ0) is 19.5. The maximum Gasteiger partial charge on any atom is 0.127 e. The Kier molecular flexibility index (Phi) is 5.02. The molecular formula is C24H24N2O2. The quantitative estimate of drug-likeness (QED) is 0.423. The predicted octanol–water partition coefficient (Wildman–Crippen LogP) is 5.89. The van der Waals surface area contributed by atoms with Gasteiger partial charge in [-0.25, -0.2) is 4.98 Å². The second-order valence-corrected chi connectivity index (χ2v) is 6.84. The zero-order valence-electron chi connectivity index (χ0n) is 16.5. The van der Waals surface area contributed by atoms with Crippen molar-refractivity contribution in [3.8, 4) is 17.2 Å². The zero-order valence-corrected chi connectivity index (χ0v) is 16.5. The van der Waals surface area contributed by atoms with E-state index in [0.717, 1.165) is 35.1 Å². The summed E-state index contributed by atoms with van der Waals surface area (Å²) < 4.78 is 13.7. The van der Waals surface area contributed by atoms with Crippen molar-refractivity contribution in [2.75, 3.05) is 6.61 Å². The highest BCUT2D eigenvalue weighted by Gasteiger charge is 2.10. The Balaban J connectivity index is 1.50. The van der Waals surface area contributed by atoms with Crippen LogP contribution in [0.1, 0.15) is 23.9 Å². The predicted molar refractivity (Wildman–Crippen MR) is 112 cm³/mol. The average Bonchev–Trinajstić information content (AvgIpc) is 3.02. The maximum atomic E-state index is 5.94. The number of benzene rings is 3. The number of aryl methyl sites for hydroxylation is 2. The van der Waals surface area contributed by atoms with Crippen LogP contribution in [0.3, 0.4) is 0 Å². The molecule has 0 amide bonds. The second kappa shape index (κ2) is 7.77. The molecule has 0 aliphatic rings. The van der Waals surface area contributed by atoms with Crippen LogP contribution in [0.2, 0.25) is 0 Å². The highest BCUT2D eigenvalue weighted by Crippen LogP contribution is 2.25. The van der Waals surface area contributed by atoms with Gasteiger partial charge in [-0.3, -0.25) is 0 Å². The highest BCUT2D eigenvalue weighted by molar-refractivity contribution is 5.79. The summed E-state index contributed by atoms with van der Waals surface area (Å²) in [5.41, 5.74) is 4.71. The van der Waals surface area contributed by atoms with Crippen LogP contribution in [0, 0.1) is 13.8 Å². The van der Waals surface area contributed by atoms with Crippen molar-refractivity contribution in [2.24, 2.45) is 0 Å². The molecule has 0 saturated carbocycles. The maximum absolute atomic E-state index is 5.94. The lowest BCUT2D eigenvalue weighted by Crippen LogP contribution is -2.02. The van der Waals surface area contributed by atoms with Crippen LogP contribution in [-0.2, 0) is 6.54 Å². The van der Waals surface area contributed by atoms with E-state index < -0.39 is 0 Å². The molecule has 0 aliphatic heterocycles. The topological polar surface area (TPSA) is 36.3 Å². The summed E-state index contributed by atoms with van der Waals surface area (Å²) in [6.45, 7) is 7.61. The normalized spacial score (nSPS) is 11.0. The van der Waals surface area contributed by atoms with Crippen molar-refractivity contribution in [1.29, 1.82) is 0 Å². The van der Waals surface area contributed by atoms with Gasteiger partial charge in [0, 0.05) is 6.54 Å². The van der Waals surface area contributed by atoms with E-state index in [-0.39, 0.29) is 0 Å². The van der Waals surface area contributed by atoms with E-state index in [4.69, 9.17) is 14.5 Å². The van der Waals surface area contributed by atoms with Crippen LogP contribution in [0.25, 0.3) is 11.0 Å². The van der Waals surface area contributed by atoms with E-state index >= 15 is 0 Å². The number of hydrogen-bond donors (Lipinski definition) is 0. The minimum absolute atomic E-state index is 0.660. The molecule has 0 radical (unpaired) electrons. The highest BCUT2D eigenvalue weighted by atomic mass is 16.5. The minimum Gasteiger partial charge on any atom is -0.494 e. The SMILES string of the molecule is CCOc1ccc(Oc2ccc(Cn3c(C)nc4cccc(C)c43)cc2)cc1. The smallest absolute Gasteiger partial charge is 0.127 e. The fraction of sp³-hybridized carbons (Fsp3) is 0.208. The van der Waals surface area contributed by atoms with Crippen molar-refractivity contribution < 1.29 is 9.47 Å². The summed E-state index contributed by atoms with van der Waals surface area (Å²) in [5.74, 6) is 3.49. The summed E-state index contributed by atoms with van der Waals surface area (Å²) in [4.78, 5) is 4.69. The van der Waals surface area contributed by atoms with Crippen LogP contribution in [0.4, 0.5) is 0 Å². The summed E-state index contributed by atoms with van der Waals surface area (Å²) in [7, 11) is 0. The fourth-order valence-electron chi connectivity index (χ4n) is 3.43. The Hall–Kier alpha value is -3.27. The van der Waals surface area contributed by atoms with Gasteiger partial charge < -0.3 is 14.0 Å². The molecule has 1 aromatic heterocycles. The molecule has 4 aromatic rings. The summed E-state index contributed by atoms with van der Waals surface area (Å²) in [6, 6.07) is 22.2. The first-order valence-electron chi connectivity index (χ1n) is 9.56. The number of ether oxygens (including phenoxy) is 2. The van der Waals surface area contributed by atoms with Gasteiger partial charge in [0.2, 0.25) is 0 Å². The lowest BCUT2D eigenvalue weighted by Gasteiger charge is -2.11. The van der Waals surface area contributed by atoms with Crippen molar-refractivity contribution in [1.82, 2.24) is 9.55 Å². The molecule has 142 valence electrons. The molecule has 3 aromatic carbocycles. The number of hydrogen-bond acceptors (Lipinski definition) is 3. The molecule has 0 unspecified atom stereocenters. The first kappa shape index (κ1) is 18.1. The van der Waals surface area contributed by atoms with Crippen LogP contribution >= 0.6 is 0 Å². The third-order valence-corrected chi connectivity index (χ3v) is 4.79. The van der Waals surface area contributed by atoms with Gasteiger partial charge in [0.05, 0.1) is 17.6 Å². The standard InChI is InChI=1S/C24H24N2O2/c1-4-27-20-12-14-22(15-13-20)28-21-10-8-19(9-11-21)16-26-18(3)25-23-7-5-6-17(2)24(23)26/h5-15H,4,16H2,1-3H3. The second-order valence-electron chi connectivity index (χ2n) is 6.84. The van der Waals surface area contributed by atoms with E-state index in [1.807, 2.05) is 43.3 Å². The van der Waals surface area contributed by atoms with Gasteiger partial charge in [-0.1, -0.05) is 24.3 Å². The lowest BCUT2D eigenvalue weighted by molar-refractivity contribution is 0.339. The third-order valence-electron chi connectivity index (χ3n) is 4.79. The lowest BCUT2D eigenvalue weighted by atomic mass is 10.2. The van der Waals surface area contributed by atoms with E-state index in [2.05, 4.69) is 48.7 Å². The van der Waals surface area contributed by atoms with Crippen LogP contribution in [0.15, 0.2) is 66.7 Å². The molecule has 0 atom stereocenters. The number of aromatic nitrogens is 2. The molecule has 4 heteroatoms. The Bertz CT molecular complexity index is 1080. The molecule has 0 bridgehead atoms. The molecular weight excluding hydrogens is 348 g/mol. The van der Waals surface area contributed by atoms with Gasteiger partial charge in [0.1, 0.15) is 23.1 Å². The van der Waals surface area contributed by atoms with Gasteiger partial charge in [0.15, 0.2) is 0 Å². The Morgan fingerprint density at radius 1 is 0.821 bits per heavy atom. The van der Waals surface area contributed by atoms with Gasteiger partial charge in [-0.15, -0.1) is 0 Å². The summed E-state index contributed by atoms with van der Waals surface area (Å²) in [5, 5.41) is 0. The third kappa shape index (κ3) is 3.72. The Morgan fingerprint density at radius 3 is 2.14 bits per heavy atom. The monoisotopic (exact) mass is 372 g/mol. The van der Waals surface area contributed by atoms with Crippen molar-refractivity contribution in [3.63, 3.8) is 0 Å². The van der Waals surface area contributed by atoms with Crippen molar-refractivity contribution in [3.05, 3.63) is 83.7 Å². The number of rotatable bonds is 6. The molecule has 1 heterocycles. The molecule has 4 rings (SSSR count). The summed E-state index contributed by atoms with van der Waals surface area (Å²) >= 11 is 0. The molecule has 0 aliphatic carbocycles. The average molecular weight is 372 g/mol. The first-order chi connectivity index (χ1) is 13.6. The number of para-hydroxylation sites is 1. The Labute approximate surface area is 165 Å². The number of imidazole rings is 1. The molecule has 0 spiro atoms. The largest absolute Gasteiger partial charge is 0.494 e.